The Balaban J connectivity index is 4.05. The van der Waals surface area contributed by atoms with E-state index in [-0.39, 0.29) is 25.6 Å². The number of hydrogen-bond acceptors (Lipinski definition) is 8. The minimum Gasteiger partial charge on any atom is -0.457 e. The average molecular weight is 827 g/mol. The van der Waals surface area contributed by atoms with Gasteiger partial charge in [-0.05, 0) is 51.4 Å². The van der Waals surface area contributed by atoms with Gasteiger partial charge in [-0.25, -0.2) is 4.57 Å². The zero-order valence-corrected chi connectivity index (χ0v) is 37.4. The van der Waals surface area contributed by atoms with E-state index < -0.39 is 33.2 Å². The van der Waals surface area contributed by atoms with Crippen LogP contribution in [-0.2, 0) is 27.9 Å². The summed E-state index contributed by atoms with van der Waals surface area (Å²) in [6.07, 6.45) is 49.3. The van der Waals surface area contributed by atoms with Gasteiger partial charge in [-0.3, -0.25) is 13.8 Å². The minimum atomic E-state index is -4.52. The average Bonchev–Trinajstić information content (AvgIpc) is 3.20. The van der Waals surface area contributed by atoms with Crippen LogP contribution < -0.4 is 0 Å². The Morgan fingerprint density at radius 1 is 0.561 bits per heavy atom. The maximum absolute atomic E-state index is 12.6. The molecule has 0 saturated heterocycles. The first-order valence-corrected chi connectivity index (χ1v) is 24.6. The fraction of sp³-hybridized carbons (Fsp3) is 0.809. The van der Waals surface area contributed by atoms with Crippen molar-refractivity contribution >= 4 is 13.8 Å². The molecule has 0 rings (SSSR count). The lowest BCUT2D eigenvalue weighted by Crippen LogP contribution is -2.29. The van der Waals surface area contributed by atoms with Crippen molar-refractivity contribution in [2.75, 3.05) is 33.0 Å². The first kappa shape index (κ1) is 55.4. The second kappa shape index (κ2) is 44.0. The summed E-state index contributed by atoms with van der Waals surface area (Å²) in [7, 11) is -4.52. The van der Waals surface area contributed by atoms with Crippen molar-refractivity contribution in [1.29, 1.82) is 0 Å². The zero-order valence-electron chi connectivity index (χ0n) is 36.6. The summed E-state index contributed by atoms with van der Waals surface area (Å²) in [5.74, 6) is -0.384. The van der Waals surface area contributed by atoms with Gasteiger partial charge < -0.3 is 24.6 Å². The van der Waals surface area contributed by atoms with Crippen LogP contribution in [-0.4, -0.2) is 66.3 Å². The Labute approximate surface area is 349 Å². The Bertz CT molecular complexity index is 1030. The van der Waals surface area contributed by atoms with E-state index in [0.29, 0.717) is 6.61 Å². The molecule has 0 saturated carbocycles. The molecule has 0 heterocycles. The van der Waals surface area contributed by atoms with Crippen LogP contribution in [0.1, 0.15) is 200 Å². The van der Waals surface area contributed by atoms with Crippen molar-refractivity contribution in [1.82, 2.24) is 0 Å². The molecule has 0 amide bonds. The van der Waals surface area contributed by atoms with E-state index in [1.165, 1.54) is 116 Å². The number of unbranched alkanes of at least 4 members (excludes halogenated alkanes) is 22. The van der Waals surface area contributed by atoms with E-state index >= 15 is 0 Å². The predicted molar refractivity (Wildman–Crippen MR) is 237 cm³/mol. The number of esters is 1. The van der Waals surface area contributed by atoms with Crippen molar-refractivity contribution < 1.29 is 43.0 Å². The van der Waals surface area contributed by atoms with Crippen molar-refractivity contribution in [3.05, 3.63) is 48.6 Å². The highest BCUT2D eigenvalue weighted by molar-refractivity contribution is 7.47. The number of allylic oxidation sites excluding steroid dienone is 8. The van der Waals surface area contributed by atoms with Gasteiger partial charge in [0.1, 0.15) is 12.2 Å². The number of phosphoric acid groups is 1. The molecule has 0 spiro atoms. The minimum absolute atomic E-state index is 0.0485. The van der Waals surface area contributed by atoms with Gasteiger partial charge in [-0.1, -0.05) is 191 Å². The lowest BCUT2D eigenvalue weighted by molar-refractivity contribution is -0.154. The Morgan fingerprint density at radius 3 is 1.51 bits per heavy atom. The summed E-state index contributed by atoms with van der Waals surface area (Å²) in [4.78, 5) is 22.6. The van der Waals surface area contributed by atoms with Crippen LogP contribution in [0, 0.1) is 0 Å². The molecule has 334 valence electrons. The molecule has 3 N–H and O–H groups in total. The Hall–Kier alpha value is -1.58. The first-order valence-electron chi connectivity index (χ1n) is 23.1. The molecule has 0 bridgehead atoms. The maximum atomic E-state index is 12.6. The third-order valence-electron chi connectivity index (χ3n) is 9.78. The summed E-state index contributed by atoms with van der Waals surface area (Å²) < 4.78 is 33.4. The van der Waals surface area contributed by atoms with E-state index in [1.807, 2.05) is 0 Å². The number of ether oxygens (including phenoxy) is 2. The van der Waals surface area contributed by atoms with E-state index in [4.69, 9.17) is 23.6 Å². The summed E-state index contributed by atoms with van der Waals surface area (Å²) in [5, 5.41) is 18.4. The highest BCUT2D eigenvalue weighted by atomic mass is 31.2. The molecule has 0 radical (unpaired) electrons. The van der Waals surface area contributed by atoms with Crippen LogP contribution >= 0.6 is 7.82 Å². The highest BCUT2D eigenvalue weighted by Gasteiger charge is 2.26. The van der Waals surface area contributed by atoms with Gasteiger partial charge in [0.2, 0.25) is 0 Å². The molecule has 0 fully saturated rings. The van der Waals surface area contributed by atoms with Gasteiger partial charge in [-0.15, -0.1) is 0 Å². The number of carbonyl (C=O) groups excluding carboxylic acids is 1. The summed E-state index contributed by atoms with van der Waals surface area (Å²) in [5.41, 5.74) is 0. The number of aliphatic hydroxyl groups is 2. The van der Waals surface area contributed by atoms with Crippen molar-refractivity contribution in [3.8, 4) is 0 Å². The standard InChI is InChI=1S/C47H87O9P/c1-3-5-7-9-11-13-15-17-18-19-20-21-22-23-24-25-26-27-28-30-32-34-36-38-40-53-43-46(44-55-57(51,52)54-42-45(49)41-48)56-47(50)39-37-35-33-31-29-16-14-12-10-8-6-4-2/h5,7,11,13,17-18,20-21,45-46,48-49H,3-4,6,8-10,12,14-16,19,22-44H2,1-2H3,(H,51,52)/b7-5-,13-11-,18-17-,21-20-. The summed E-state index contributed by atoms with van der Waals surface area (Å²) in [6, 6.07) is 0. The number of aliphatic hydroxyl groups excluding tert-OH is 2. The van der Waals surface area contributed by atoms with Crippen LogP contribution in [0.5, 0.6) is 0 Å². The number of hydrogen-bond donors (Lipinski definition) is 3. The van der Waals surface area contributed by atoms with Gasteiger partial charge in [0.25, 0.3) is 0 Å². The van der Waals surface area contributed by atoms with E-state index in [2.05, 4.69) is 62.5 Å². The van der Waals surface area contributed by atoms with Gasteiger partial charge in [0.15, 0.2) is 0 Å². The summed E-state index contributed by atoms with van der Waals surface area (Å²) in [6.45, 7) is 3.41. The Kier molecular flexibility index (Phi) is 42.8. The Morgan fingerprint density at radius 2 is 1.00 bits per heavy atom. The lowest BCUT2D eigenvalue weighted by Gasteiger charge is -2.20. The highest BCUT2D eigenvalue weighted by Crippen LogP contribution is 2.43. The number of carbonyl (C=O) groups is 1. The lowest BCUT2D eigenvalue weighted by atomic mass is 10.0. The fourth-order valence-electron chi connectivity index (χ4n) is 6.29. The number of rotatable bonds is 44. The number of phosphoric ester groups is 1. The molecule has 0 aliphatic heterocycles. The molecular formula is C47H87O9P. The molecule has 0 aliphatic rings. The first-order chi connectivity index (χ1) is 27.8. The topological polar surface area (TPSA) is 132 Å². The zero-order chi connectivity index (χ0) is 41.8. The largest absolute Gasteiger partial charge is 0.472 e. The third-order valence-corrected chi connectivity index (χ3v) is 10.7. The van der Waals surface area contributed by atoms with Crippen LogP contribution in [0.15, 0.2) is 48.6 Å². The van der Waals surface area contributed by atoms with E-state index in [0.717, 1.165) is 64.2 Å². The molecule has 0 aromatic rings. The fourth-order valence-corrected chi connectivity index (χ4v) is 7.08. The van der Waals surface area contributed by atoms with E-state index in [1.54, 1.807) is 0 Å². The molecule has 3 atom stereocenters. The van der Waals surface area contributed by atoms with Gasteiger partial charge in [0.05, 0.1) is 26.4 Å². The monoisotopic (exact) mass is 827 g/mol. The van der Waals surface area contributed by atoms with Crippen LogP contribution in [0.2, 0.25) is 0 Å². The SMILES string of the molecule is CC/C=C\C/C=C\C/C=C\C/C=C\CCCCCCCCCCCCCOCC(COP(=O)(O)OCC(O)CO)OC(=O)CCCCCCCCCCCCCC. The van der Waals surface area contributed by atoms with Crippen molar-refractivity contribution in [2.45, 2.75) is 212 Å². The molecule has 0 aromatic carbocycles. The molecule has 3 unspecified atom stereocenters. The molecule has 57 heavy (non-hydrogen) atoms. The molecule has 9 nitrogen and oxygen atoms in total. The van der Waals surface area contributed by atoms with Crippen LogP contribution in [0.3, 0.4) is 0 Å². The van der Waals surface area contributed by atoms with Crippen molar-refractivity contribution in [2.24, 2.45) is 0 Å². The van der Waals surface area contributed by atoms with Crippen LogP contribution in [0.4, 0.5) is 0 Å². The second-order valence-electron chi connectivity index (χ2n) is 15.4. The van der Waals surface area contributed by atoms with E-state index in [9.17, 15) is 19.4 Å². The molecule has 0 aromatic heterocycles. The van der Waals surface area contributed by atoms with Gasteiger partial charge in [0, 0.05) is 13.0 Å². The summed E-state index contributed by atoms with van der Waals surface area (Å²) >= 11 is 0. The normalized spacial score (nSPS) is 14.4. The quantitative estimate of drug-likeness (QED) is 0.0238. The molecule has 10 heteroatoms. The maximum Gasteiger partial charge on any atom is 0.472 e. The second-order valence-corrected chi connectivity index (χ2v) is 16.9. The molecular weight excluding hydrogens is 739 g/mol. The van der Waals surface area contributed by atoms with Crippen molar-refractivity contribution in [3.63, 3.8) is 0 Å². The third kappa shape index (κ3) is 43.8. The van der Waals surface area contributed by atoms with Gasteiger partial charge >= 0.3 is 13.8 Å². The smallest absolute Gasteiger partial charge is 0.457 e. The predicted octanol–water partition coefficient (Wildman–Crippen LogP) is 13.0. The molecule has 0 aliphatic carbocycles. The van der Waals surface area contributed by atoms with Gasteiger partial charge in [-0.2, -0.15) is 0 Å². The van der Waals surface area contributed by atoms with Crippen LogP contribution in [0.25, 0.3) is 0 Å².